The number of para-hydroxylation sites is 1. The van der Waals surface area contributed by atoms with E-state index < -0.39 is 0 Å². The van der Waals surface area contributed by atoms with Gasteiger partial charge in [-0.1, -0.05) is 66.2 Å². The zero-order valence-electron chi connectivity index (χ0n) is 16.7. The van der Waals surface area contributed by atoms with E-state index in [0.717, 1.165) is 65.9 Å². The lowest BCUT2D eigenvalue weighted by Crippen LogP contribution is -2.46. The monoisotopic (exact) mass is 414 g/mol. The third kappa shape index (κ3) is 4.02. The largest absolute Gasteiger partial charge is 0.353 e. The average molecular weight is 415 g/mol. The molecule has 1 aromatic heterocycles. The minimum Gasteiger partial charge on any atom is -0.353 e. The highest BCUT2D eigenvalue weighted by Crippen LogP contribution is 2.28. The Balaban J connectivity index is 1.39. The summed E-state index contributed by atoms with van der Waals surface area (Å²) < 4.78 is 0. The first-order valence-corrected chi connectivity index (χ1v) is 10.7. The Labute approximate surface area is 181 Å². The number of piperazine rings is 1. The van der Waals surface area contributed by atoms with Gasteiger partial charge in [0.15, 0.2) is 5.82 Å². The second-order valence-corrected chi connectivity index (χ2v) is 8.08. The zero-order chi connectivity index (χ0) is 20.3. The predicted octanol–water partition coefficient (Wildman–Crippen LogP) is 5.27. The van der Waals surface area contributed by atoms with Gasteiger partial charge in [0.1, 0.15) is 5.82 Å². The predicted molar refractivity (Wildman–Crippen MR) is 124 cm³/mol. The highest BCUT2D eigenvalue weighted by molar-refractivity contribution is 6.30. The van der Waals surface area contributed by atoms with Crippen molar-refractivity contribution in [2.45, 2.75) is 6.54 Å². The first-order chi connectivity index (χ1) is 14.8. The molecule has 4 nitrogen and oxygen atoms in total. The van der Waals surface area contributed by atoms with Gasteiger partial charge in [-0.15, -0.1) is 0 Å². The summed E-state index contributed by atoms with van der Waals surface area (Å²) >= 11 is 6.01. The van der Waals surface area contributed by atoms with E-state index >= 15 is 0 Å². The van der Waals surface area contributed by atoms with Gasteiger partial charge < -0.3 is 4.90 Å². The molecule has 0 saturated carbocycles. The summed E-state index contributed by atoms with van der Waals surface area (Å²) in [6.07, 6.45) is 0. The van der Waals surface area contributed by atoms with Crippen molar-refractivity contribution in [1.82, 2.24) is 14.9 Å². The Kier molecular flexibility index (Phi) is 5.35. The van der Waals surface area contributed by atoms with Crippen LogP contribution in [0.25, 0.3) is 22.3 Å². The van der Waals surface area contributed by atoms with E-state index in [4.69, 9.17) is 21.6 Å². The van der Waals surface area contributed by atoms with Gasteiger partial charge in [0.2, 0.25) is 0 Å². The van der Waals surface area contributed by atoms with Gasteiger partial charge in [0, 0.05) is 48.7 Å². The number of hydrogen-bond donors (Lipinski definition) is 0. The van der Waals surface area contributed by atoms with Gasteiger partial charge >= 0.3 is 0 Å². The number of fused-ring (bicyclic) bond motifs is 1. The first-order valence-electron chi connectivity index (χ1n) is 10.3. The van der Waals surface area contributed by atoms with E-state index in [0.29, 0.717) is 0 Å². The van der Waals surface area contributed by atoms with Gasteiger partial charge in [-0.25, -0.2) is 9.97 Å². The maximum absolute atomic E-state index is 6.01. The van der Waals surface area contributed by atoms with Gasteiger partial charge in [-0.3, -0.25) is 4.90 Å². The zero-order valence-corrected chi connectivity index (χ0v) is 17.5. The average Bonchev–Trinajstić information content (AvgIpc) is 2.81. The molecule has 0 unspecified atom stereocenters. The van der Waals surface area contributed by atoms with Crippen LogP contribution in [0.15, 0.2) is 78.9 Å². The molecule has 0 spiro atoms. The van der Waals surface area contributed by atoms with Crippen LogP contribution in [0, 0.1) is 0 Å². The van der Waals surface area contributed by atoms with Gasteiger partial charge in [-0.05, 0) is 29.8 Å². The van der Waals surface area contributed by atoms with Crippen LogP contribution in [0.4, 0.5) is 5.82 Å². The van der Waals surface area contributed by atoms with Crippen LogP contribution < -0.4 is 4.90 Å². The molecule has 0 radical (unpaired) electrons. The molecule has 0 amide bonds. The number of benzene rings is 3. The molecule has 3 aromatic carbocycles. The molecule has 0 atom stereocenters. The van der Waals surface area contributed by atoms with E-state index in [2.05, 4.69) is 52.3 Å². The highest BCUT2D eigenvalue weighted by atomic mass is 35.5. The molecule has 1 aliphatic rings. The van der Waals surface area contributed by atoms with Gasteiger partial charge in [0.05, 0.1) is 5.52 Å². The fraction of sp³-hybridized carbons (Fsp3) is 0.200. The maximum atomic E-state index is 6.01. The summed E-state index contributed by atoms with van der Waals surface area (Å²) in [5.74, 6) is 1.82. The Morgan fingerprint density at radius 2 is 1.43 bits per heavy atom. The molecule has 30 heavy (non-hydrogen) atoms. The van der Waals surface area contributed by atoms with E-state index in [1.807, 2.05) is 36.4 Å². The molecule has 5 rings (SSSR count). The van der Waals surface area contributed by atoms with E-state index in [9.17, 15) is 0 Å². The van der Waals surface area contributed by atoms with Gasteiger partial charge in [-0.2, -0.15) is 0 Å². The second kappa shape index (κ2) is 8.42. The summed E-state index contributed by atoms with van der Waals surface area (Å²) in [5.41, 5.74) is 3.34. The van der Waals surface area contributed by atoms with Crippen molar-refractivity contribution >= 4 is 28.3 Å². The molecule has 0 aliphatic carbocycles. The standard InChI is InChI=1S/C25H23ClN4/c26-21-12-10-19(11-13-21)18-29-14-16-30(17-15-29)25-22-8-4-5-9-23(22)27-24(28-25)20-6-2-1-3-7-20/h1-13H,14-18H2. The molecular formula is C25H23ClN4. The van der Waals surface area contributed by atoms with Crippen molar-refractivity contribution in [3.8, 4) is 11.4 Å². The molecule has 4 aromatic rings. The van der Waals surface area contributed by atoms with Crippen molar-refractivity contribution in [3.05, 3.63) is 89.4 Å². The lowest BCUT2D eigenvalue weighted by molar-refractivity contribution is 0.249. The molecule has 1 aliphatic heterocycles. The molecule has 2 heterocycles. The van der Waals surface area contributed by atoms with Crippen LogP contribution in [0.5, 0.6) is 0 Å². The van der Waals surface area contributed by atoms with E-state index in [-0.39, 0.29) is 0 Å². The summed E-state index contributed by atoms with van der Waals surface area (Å²) in [6, 6.07) is 26.7. The number of anilines is 1. The van der Waals surface area contributed by atoms with Gasteiger partial charge in [0.25, 0.3) is 0 Å². The minimum absolute atomic E-state index is 0.785. The summed E-state index contributed by atoms with van der Waals surface area (Å²) in [7, 11) is 0. The number of hydrogen-bond acceptors (Lipinski definition) is 4. The van der Waals surface area contributed by atoms with Crippen LogP contribution in [-0.2, 0) is 6.54 Å². The Hall–Kier alpha value is -2.95. The Morgan fingerprint density at radius 1 is 0.733 bits per heavy atom. The van der Waals surface area contributed by atoms with Crippen LogP contribution in [0.3, 0.4) is 0 Å². The smallest absolute Gasteiger partial charge is 0.162 e. The Bertz CT molecular complexity index is 1140. The molecule has 5 heteroatoms. The topological polar surface area (TPSA) is 32.3 Å². The first kappa shape index (κ1) is 19.0. The van der Waals surface area contributed by atoms with Crippen molar-refractivity contribution in [2.24, 2.45) is 0 Å². The van der Waals surface area contributed by atoms with Crippen LogP contribution >= 0.6 is 11.6 Å². The van der Waals surface area contributed by atoms with Crippen molar-refractivity contribution in [3.63, 3.8) is 0 Å². The second-order valence-electron chi connectivity index (χ2n) is 7.64. The quantitative estimate of drug-likeness (QED) is 0.455. The molecule has 0 N–H and O–H groups in total. The minimum atomic E-state index is 0.785. The number of aromatic nitrogens is 2. The van der Waals surface area contributed by atoms with Crippen LogP contribution in [0.1, 0.15) is 5.56 Å². The molecule has 0 bridgehead atoms. The fourth-order valence-electron chi connectivity index (χ4n) is 3.98. The number of halogens is 1. The SMILES string of the molecule is Clc1ccc(CN2CCN(c3nc(-c4ccccc4)nc4ccccc34)CC2)cc1. The summed E-state index contributed by atoms with van der Waals surface area (Å²) in [4.78, 5) is 14.7. The van der Waals surface area contributed by atoms with E-state index in [1.165, 1.54) is 5.56 Å². The lowest BCUT2D eigenvalue weighted by atomic mass is 10.1. The molecule has 150 valence electrons. The molecule has 1 saturated heterocycles. The molecular weight excluding hydrogens is 392 g/mol. The number of nitrogens with zero attached hydrogens (tertiary/aromatic N) is 4. The van der Waals surface area contributed by atoms with Crippen LogP contribution in [0.2, 0.25) is 5.02 Å². The fourth-order valence-corrected chi connectivity index (χ4v) is 4.11. The highest BCUT2D eigenvalue weighted by Gasteiger charge is 2.21. The molecule has 1 fully saturated rings. The third-order valence-electron chi connectivity index (χ3n) is 5.61. The van der Waals surface area contributed by atoms with Crippen molar-refractivity contribution < 1.29 is 0 Å². The normalized spacial score (nSPS) is 14.9. The van der Waals surface area contributed by atoms with Crippen LogP contribution in [-0.4, -0.2) is 41.0 Å². The summed E-state index contributed by atoms with van der Waals surface area (Å²) in [6.45, 7) is 4.85. The van der Waals surface area contributed by atoms with E-state index in [1.54, 1.807) is 0 Å². The lowest BCUT2D eigenvalue weighted by Gasteiger charge is -2.36. The Morgan fingerprint density at radius 3 is 2.20 bits per heavy atom. The van der Waals surface area contributed by atoms with Crippen molar-refractivity contribution in [2.75, 3.05) is 31.1 Å². The maximum Gasteiger partial charge on any atom is 0.162 e. The van der Waals surface area contributed by atoms with Crippen molar-refractivity contribution in [1.29, 1.82) is 0 Å². The number of rotatable bonds is 4. The summed E-state index contributed by atoms with van der Waals surface area (Å²) in [5, 5.41) is 1.90. The third-order valence-corrected chi connectivity index (χ3v) is 5.86.